The summed E-state index contributed by atoms with van der Waals surface area (Å²) in [5, 5.41) is 16.2. The molecule has 3 atom stereocenters. The van der Waals surface area contributed by atoms with E-state index in [9.17, 15) is 14.7 Å². The Bertz CT molecular complexity index is 951. The number of hydrogen-bond donors (Lipinski definition) is 3. The summed E-state index contributed by atoms with van der Waals surface area (Å²) < 4.78 is 0. The van der Waals surface area contributed by atoms with Gasteiger partial charge in [0, 0.05) is 36.2 Å². The highest BCUT2D eigenvalue weighted by Crippen LogP contribution is 2.32. The summed E-state index contributed by atoms with van der Waals surface area (Å²) in [5.41, 5.74) is 2.41. The van der Waals surface area contributed by atoms with Gasteiger partial charge in [-0.15, -0.1) is 0 Å². The van der Waals surface area contributed by atoms with Gasteiger partial charge in [-0.3, -0.25) is 19.5 Å². The van der Waals surface area contributed by atoms with Crippen molar-refractivity contribution >= 4 is 17.5 Å². The lowest BCUT2D eigenvalue weighted by atomic mass is 9.87. The van der Waals surface area contributed by atoms with Gasteiger partial charge in [0.25, 0.3) is 0 Å². The average molecular weight is 437 g/mol. The van der Waals surface area contributed by atoms with Crippen LogP contribution < -0.4 is 15.5 Å². The largest absolute Gasteiger partial charge is 0.392 e. The Kier molecular flexibility index (Phi) is 6.31. The normalized spacial score (nSPS) is 21.8. The molecule has 4 rings (SSSR count). The predicted molar refractivity (Wildman–Crippen MR) is 123 cm³/mol. The minimum absolute atomic E-state index is 0.0312. The Morgan fingerprint density at radius 2 is 1.91 bits per heavy atom. The molecule has 3 unspecified atom stereocenters. The molecule has 32 heavy (non-hydrogen) atoms. The van der Waals surface area contributed by atoms with Crippen LogP contribution in [0.4, 0.5) is 5.69 Å². The maximum absolute atomic E-state index is 13.7. The van der Waals surface area contributed by atoms with Crippen LogP contribution in [0.15, 0.2) is 48.8 Å². The van der Waals surface area contributed by atoms with Crippen molar-refractivity contribution in [2.75, 3.05) is 11.4 Å². The van der Waals surface area contributed by atoms with Crippen LogP contribution in [0, 0.1) is 0 Å². The number of nitrogens with one attached hydrogen (secondary N) is 2. The fourth-order valence-electron chi connectivity index (χ4n) is 4.06. The van der Waals surface area contributed by atoms with Gasteiger partial charge in [-0.25, -0.2) is 0 Å². The van der Waals surface area contributed by atoms with Gasteiger partial charge < -0.3 is 15.7 Å². The fourth-order valence-corrected chi connectivity index (χ4v) is 4.06. The first-order chi connectivity index (χ1) is 15.2. The monoisotopic (exact) mass is 436 g/mol. The SMILES string of the molecule is CC(C)(C)c1ccc(N(C(=O)C2CC(O)CN2)C(C(=O)NC2CC2)c2cccnc2)cc1. The summed E-state index contributed by atoms with van der Waals surface area (Å²) in [6.07, 6.45) is 4.94. The maximum Gasteiger partial charge on any atom is 0.248 e. The van der Waals surface area contributed by atoms with Crippen LogP contribution in [0.25, 0.3) is 0 Å². The number of aliphatic hydroxyl groups is 1. The first-order valence-electron chi connectivity index (χ1n) is 11.3. The van der Waals surface area contributed by atoms with Crippen molar-refractivity contribution in [1.29, 1.82) is 0 Å². The van der Waals surface area contributed by atoms with Gasteiger partial charge in [0.15, 0.2) is 0 Å². The van der Waals surface area contributed by atoms with Crippen LogP contribution in [0.1, 0.15) is 57.2 Å². The second-order valence-electron chi connectivity index (χ2n) is 9.83. The molecule has 170 valence electrons. The van der Waals surface area contributed by atoms with E-state index >= 15 is 0 Å². The number of nitrogens with zero attached hydrogens (tertiary/aromatic N) is 2. The maximum atomic E-state index is 13.7. The van der Waals surface area contributed by atoms with Crippen molar-refractivity contribution in [1.82, 2.24) is 15.6 Å². The number of carbonyl (C=O) groups is 2. The van der Waals surface area contributed by atoms with E-state index in [4.69, 9.17) is 0 Å². The summed E-state index contributed by atoms with van der Waals surface area (Å²) in [4.78, 5) is 32.9. The molecule has 0 bridgehead atoms. The lowest BCUT2D eigenvalue weighted by Gasteiger charge is -2.33. The van der Waals surface area contributed by atoms with E-state index in [1.54, 1.807) is 23.4 Å². The van der Waals surface area contributed by atoms with E-state index in [0.29, 0.717) is 24.2 Å². The van der Waals surface area contributed by atoms with Crippen LogP contribution in [0.2, 0.25) is 0 Å². The summed E-state index contributed by atoms with van der Waals surface area (Å²) in [6, 6.07) is 10.2. The molecule has 1 saturated carbocycles. The van der Waals surface area contributed by atoms with Gasteiger partial charge in [0.1, 0.15) is 6.04 Å². The van der Waals surface area contributed by atoms with Crippen molar-refractivity contribution in [3.05, 3.63) is 59.9 Å². The quantitative estimate of drug-likeness (QED) is 0.647. The van der Waals surface area contributed by atoms with Crippen molar-refractivity contribution in [3.63, 3.8) is 0 Å². The highest BCUT2D eigenvalue weighted by atomic mass is 16.3. The zero-order valence-electron chi connectivity index (χ0n) is 18.9. The first kappa shape index (κ1) is 22.4. The minimum atomic E-state index is -0.850. The lowest BCUT2D eigenvalue weighted by Crippen LogP contribution is -2.50. The number of benzene rings is 1. The summed E-state index contributed by atoms with van der Waals surface area (Å²) in [7, 11) is 0. The van der Waals surface area contributed by atoms with Gasteiger partial charge in [-0.05, 0) is 48.4 Å². The van der Waals surface area contributed by atoms with E-state index in [1.807, 2.05) is 30.3 Å². The topological polar surface area (TPSA) is 94.6 Å². The summed E-state index contributed by atoms with van der Waals surface area (Å²) in [5.74, 6) is -0.447. The Labute approximate surface area is 189 Å². The molecular formula is C25H32N4O3. The third kappa shape index (κ3) is 5.00. The molecule has 7 heteroatoms. The van der Waals surface area contributed by atoms with E-state index in [2.05, 4.69) is 36.4 Å². The Morgan fingerprint density at radius 3 is 2.44 bits per heavy atom. The molecule has 0 spiro atoms. The number of pyridine rings is 1. The van der Waals surface area contributed by atoms with E-state index in [-0.39, 0.29) is 23.3 Å². The number of anilines is 1. The third-order valence-electron chi connectivity index (χ3n) is 6.09. The minimum Gasteiger partial charge on any atom is -0.392 e. The Balaban J connectivity index is 1.76. The van der Waals surface area contributed by atoms with Crippen LogP contribution in [0.3, 0.4) is 0 Å². The Hall–Kier alpha value is -2.77. The number of β-amino-alcohol motifs (C(OH)–C–C–N with tert-alkyl or cyclic N) is 1. The smallest absolute Gasteiger partial charge is 0.248 e. The van der Waals surface area contributed by atoms with Crippen molar-refractivity contribution in [3.8, 4) is 0 Å². The van der Waals surface area contributed by atoms with E-state index in [1.165, 1.54) is 0 Å². The second-order valence-corrected chi connectivity index (χ2v) is 9.83. The highest BCUT2D eigenvalue weighted by molar-refractivity contribution is 6.04. The van der Waals surface area contributed by atoms with Gasteiger partial charge in [0.05, 0.1) is 12.1 Å². The molecule has 7 nitrogen and oxygen atoms in total. The molecule has 2 amide bonds. The molecule has 1 aliphatic heterocycles. The number of aromatic nitrogens is 1. The standard InChI is InChI=1S/C25H32N4O3/c1-25(2,3)17-6-10-19(11-7-17)29(24(32)21-13-20(30)15-27-21)22(16-5-4-12-26-14-16)23(31)28-18-8-9-18/h4-7,10-12,14,18,20-22,27,30H,8-9,13,15H2,1-3H3,(H,28,31). The van der Waals surface area contributed by atoms with Gasteiger partial charge in [0.2, 0.25) is 11.8 Å². The van der Waals surface area contributed by atoms with Crippen LogP contribution in [-0.2, 0) is 15.0 Å². The molecule has 2 heterocycles. The van der Waals surface area contributed by atoms with Crippen LogP contribution in [-0.4, -0.2) is 46.6 Å². The molecule has 1 aliphatic carbocycles. The predicted octanol–water partition coefficient (Wildman–Crippen LogP) is 2.45. The summed E-state index contributed by atoms with van der Waals surface area (Å²) >= 11 is 0. The molecular weight excluding hydrogens is 404 g/mol. The molecule has 0 radical (unpaired) electrons. The second kappa shape index (κ2) is 9.00. The lowest BCUT2D eigenvalue weighted by molar-refractivity contribution is -0.127. The van der Waals surface area contributed by atoms with Gasteiger partial charge >= 0.3 is 0 Å². The molecule has 2 aliphatic rings. The van der Waals surface area contributed by atoms with Crippen LogP contribution in [0.5, 0.6) is 0 Å². The summed E-state index contributed by atoms with van der Waals surface area (Å²) in [6.45, 7) is 6.77. The van der Waals surface area contributed by atoms with Gasteiger partial charge in [-0.1, -0.05) is 39.0 Å². The van der Waals surface area contributed by atoms with Crippen molar-refractivity contribution in [2.45, 2.75) is 69.7 Å². The van der Waals surface area contributed by atoms with E-state index in [0.717, 1.165) is 18.4 Å². The fraction of sp³-hybridized carbons (Fsp3) is 0.480. The number of hydrogen-bond acceptors (Lipinski definition) is 5. The molecule has 1 aromatic heterocycles. The third-order valence-corrected chi connectivity index (χ3v) is 6.09. The number of amides is 2. The molecule has 3 N–H and O–H groups in total. The van der Waals surface area contributed by atoms with Crippen molar-refractivity contribution < 1.29 is 14.7 Å². The molecule has 1 aromatic carbocycles. The zero-order chi connectivity index (χ0) is 22.9. The molecule has 2 aromatic rings. The van der Waals surface area contributed by atoms with Crippen LogP contribution >= 0.6 is 0 Å². The highest BCUT2D eigenvalue weighted by Gasteiger charge is 2.40. The number of rotatable bonds is 6. The van der Waals surface area contributed by atoms with Crippen molar-refractivity contribution in [2.24, 2.45) is 0 Å². The average Bonchev–Trinajstić information content (AvgIpc) is 3.47. The first-order valence-corrected chi connectivity index (χ1v) is 11.3. The Morgan fingerprint density at radius 1 is 1.19 bits per heavy atom. The number of aliphatic hydroxyl groups excluding tert-OH is 1. The number of carbonyl (C=O) groups excluding carboxylic acids is 2. The zero-order valence-corrected chi connectivity index (χ0v) is 18.9. The molecule has 1 saturated heterocycles. The molecule has 2 fully saturated rings. The van der Waals surface area contributed by atoms with Gasteiger partial charge in [-0.2, -0.15) is 0 Å². The van der Waals surface area contributed by atoms with E-state index < -0.39 is 18.2 Å².